The molecule has 0 spiro atoms. The number of piperazine rings is 1. The number of carbonyl (C=O) groups is 3. The van der Waals surface area contributed by atoms with Crippen LogP contribution in [-0.2, 0) is 16.0 Å². The van der Waals surface area contributed by atoms with Crippen LogP contribution in [0.2, 0.25) is 0 Å². The second kappa shape index (κ2) is 11.4. The number of hydrogen-bond donors (Lipinski definition) is 4. The molecule has 2 aromatic rings. The molecular formula is C28H39ClN8O4. The Hall–Kier alpha value is -3.48. The molecule has 2 saturated heterocycles. The first-order valence-corrected chi connectivity index (χ1v) is 13.7. The van der Waals surface area contributed by atoms with Crippen molar-refractivity contribution in [2.24, 2.45) is 34.6 Å². The van der Waals surface area contributed by atoms with Gasteiger partial charge in [-0.05, 0) is 62.4 Å². The van der Waals surface area contributed by atoms with Gasteiger partial charge in [-0.2, -0.15) is 4.98 Å². The first-order valence-electron chi connectivity index (χ1n) is 13.7. The number of urea groups is 1. The Morgan fingerprint density at radius 2 is 1.76 bits per heavy atom. The van der Waals surface area contributed by atoms with Gasteiger partial charge in [-0.25, -0.2) is 9.59 Å². The van der Waals surface area contributed by atoms with Crippen molar-refractivity contribution in [2.45, 2.75) is 32.7 Å². The molecule has 222 valence electrons. The van der Waals surface area contributed by atoms with Crippen LogP contribution < -0.4 is 27.8 Å². The monoisotopic (exact) mass is 586 g/mol. The Kier molecular flexibility index (Phi) is 8.49. The summed E-state index contributed by atoms with van der Waals surface area (Å²) in [6.45, 7) is 8.66. The van der Waals surface area contributed by atoms with Gasteiger partial charge >= 0.3 is 11.7 Å². The third-order valence-corrected chi connectivity index (χ3v) is 8.78. The number of fused-ring (bicyclic) bond motifs is 1. The summed E-state index contributed by atoms with van der Waals surface area (Å²) in [5.41, 5.74) is 11.8. The van der Waals surface area contributed by atoms with E-state index in [2.05, 4.69) is 22.5 Å². The van der Waals surface area contributed by atoms with Crippen LogP contribution >= 0.6 is 12.4 Å². The summed E-state index contributed by atoms with van der Waals surface area (Å²) in [7, 11) is 0. The summed E-state index contributed by atoms with van der Waals surface area (Å²) in [4.78, 5) is 57.0. The van der Waals surface area contributed by atoms with Crippen molar-refractivity contribution in [1.82, 2.24) is 24.7 Å². The highest BCUT2D eigenvalue weighted by Crippen LogP contribution is 2.65. The molecular weight excluding hydrogens is 548 g/mol. The fraction of sp³-hybridized carbons (Fsp3) is 0.536. The number of primary amides is 1. The largest absolute Gasteiger partial charge is 0.369 e. The quantitative estimate of drug-likeness (QED) is 0.367. The number of amides is 4. The lowest BCUT2D eigenvalue weighted by Crippen LogP contribution is -2.58. The van der Waals surface area contributed by atoms with Gasteiger partial charge in [0.1, 0.15) is 5.82 Å². The van der Waals surface area contributed by atoms with E-state index in [0.29, 0.717) is 43.7 Å². The normalized spacial score (nSPS) is 24.2. The van der Waals surface area contributed by atoms with Crippen LogP contribution in [0.1, 0.15) is 26.3 Å². The van der Waals surface area contributed by atoms with Gasteiger partial charge in [0, 0.05) is 50.3 Å². The standard InChI is InChI=1S/C28H38N8O4.ClH/c1-17(28-16-31-15-20(28)22(28)23(29)37)14-18-4-6-19(7-5-18)36-9-8-21(33-26(36)40)32-25(39)35-12-10-34(11-13-35)24(38)27(2,3)30;/h4-9,17,20,22,31H,10-16,30H2,1-3H3,(H2,29,37)(H,32,33,39,40);1H. The Balaban J connectivity index is 0.00000387. The van der Waals surface area contributed by atoms with Gasteiger partial charge in [0.15, 0.2) is 0 Å². The molecule has 41 heavy (non-hydrogen) atoms. The number of nitrogens with two attached hydrogens (primary N) is 2. The maximum Gasteiger partial charge on any atom is 0.354 e. The minimum absolute atomic E-state index is 0. The molecule has 1 aromatic carbocycles. The minimum Gasteiger partial charge on any atom is -0.369 e. The van der Waals surface area contributed by atoms with Crippen molar-refractivity contribution < 1.29 is 14.4 Å². The summed E-state index contributed by atoms with van der Waals surface area (Å²) in [6.07, 6.45) is 2.39. The number of nitrogens with one attached hydrogen (secondary N) is 2. The highest BCUT2D eigenvalue weighted by atomic mass is 35.5. The molecule has 0 bridgehead atoms. The lowest BCUT2D eigenvalue weighted by molar-refractivity contribution is -0.137. The summed E-state index contributed by atoms with van der Waals surface area (Å²) < 4.78 is 1.42. The van der Waals surface area contributed by atoms with Crippen LogP contribution in [0, 0.1) is 23.2 Å². The first-order chi connectivity index (χ1) is 18.9. The lowest BCUT2D eigenvalue weighted by Gasteiger charge is -2.37. The Labute approximate surface area is 245 Å². The van der Waals surface area contributed by atoms with Gasteiger partial charge in [0.05, 0.1) is 11.2 Å². The number of rotatable bonds is 7. The number of benzene rings is 1. The third-order valence-electron chi connectivity index (χ3n) is 8.78. The maximum atomic E-state index is 12.8. The Morgan fingerprint density at radius 1 is 1.12 bits per heavy atom. The summed E-state index contributed by atoms with van der Waals surface area (Å²) in [5, 5.41) is 6.07. The zero-order chi connectivity index (χ0) is 28.8. The van der Waals surface area contributed by atoms with E-state index in [1.807, 2.05) is 24.3 Å². The van der Waals surface area contributed by atoms with Gasteiger partial charge in [-0.15, -0.1) is 12.4 Å². The van der Waals surface area contributed by atoms with Crippen molar-refractivity contribution >= 4 is 36.1 Å². The van der Waals surface area contributed by atoms with Gasteiger partial charge in [0.25, 0.3) is 0 Å². The molecule has 2 aliphatic heterocycles. The maximum absolute atomic E-state index is 12.8. The molecule has 1 aromatic heterocycles. The number of piperidine rings is 1. The summed E-state index contributed by atoms with van der Waals surface area (Å²) in [6, 6.07) is 8.91. The highest BCUT2D eigenvalue weighted by molar-refractivity contribution is 5.89. The van der Waals surface area contributed by atoms with E-state index >= 15 is 0 Å². The predicted octanol–water partition coefficient (Wildman–Crippen LogP) is 0.567. The predicted molar refractivity (Wildman–Crippen MR) is 157 cm³/mol. The zero-order valence-electron chi connectivity index (χ0n) is 23.6. The van der Waals surface area contributed by atoms with E-state index < -0.39 is 11.2 Å². The molecule has 1 aliphatic carbocycles. The van der Waals surface area contributed by atoms with Gasteiger partial charge in [-0.3, -0.25) is 19.5 Å². The molecule has 4 amide bonds. The van der Waals surface area contributed by atoms with Crippen LogP contribution in [0.3, 0.4) is 0 Å². The van der Waals surface area contributed by atoms with Gasteiger partial charge in [0.2, 0.25) is 11.8 Å². The number of hydrogen-bond acceptors (Lipinski definition) is 7. The molecule has 13 heteroatoms. The number of nitrogens with zero attached hydrogens (tertiary/aromatic N) is 4. The van der Waals surface area contributed by atoms with E-state index in [0.717, 1.165) is 25.1 Å². The molecule has 12 nitrogen and oxygen atoms in total. The summed E-state index contributed by atoms with van der Waals surface area (Å²) >= 11 is 0. The average molecular weight is 587 g/mol. The molecule has 4 unspecified atom stereocenters. The number of halogens is 1. The van der Waals surface area contributed by atoms with Crippen LogP contribution in [-0.4, -0.2) is 82.0 Å². The van der Waals surface area contributed by atoms with E-state index in [9.17, 15) is 19.2 Å². The fourth-order valence-corrected chi connectivity index (χ4v) is 6.56. The first kappa shape index (κ1) is 30.5. The second-order valence-corrected chi connectivity index (χ2v) is 11.9. The van der Waals surface area contributed by atoms with Crippen LogP contribution in [0.5, 0.6) is 0 Å². The zero-order valence-corrected chi connectivity index (χ0v) is 24.4. The number of carbonyl (C=O) groups excluding carboxylic acids is 3. The molecule has 3 fully saturated rings. The Bertz CT molecular complexity index is 1370. The molecule has 6 N–H and O–H groups in total. The van der Waals surface area contributed by atoms with Crippen LogP contribution in [0.15, 0.2) is 41.3 Å². The molecule has 1 saturated carbocycles. The van der Waals surface area contributed by atoms with E-state index in [1.165, 1.54) is 4.57 Å². The summed E-state index contributed by atoms with van der Waals surface area (Å²) in [5.74, 6) is 0.361. The topological polar surface area (TPSA) is 169 Å². The second-order valence-electron chi connectivity index (χ2n) is 11.9. The van der Waals surface area contributed by atoms with Crippen molar-refractivity contribution in [3.63, 3.8) is 0 Å². The molecule has 3 heterocycles. The molecule has 3 aliphatic rings. The molecule has 5 rings (SSSR count). The smallest absolute Gasteiger partial charge is 0.354 e. The highest BCUT2D eigenvalue weighted by Gasteiger charge is 2.71. The number of anilines is 1. The van der Waals surface area contributed by atoms with Crippen molar-refractivity contribution in [2.75, 3.05) is 44.6 Å². The fourth-order valence-electron chi connectivity index (χ4n) is 6.56. The van der Waals surface area contributed by atoms with Crippen LogP contribution in [0.4, 0.5) is 10.6 Å². The van der Waals surface area contributed by atoms with Crippen molar-refractivity contribution in [1.29, 1.82) is 0 Å². The van der Waals surface area contributed by atoms with E-state index in [1.54, 1.807) is 35.9 Å². The van der Waals surface area contributed by atoms with Gasteiger partial charge < -0.3 is 26.6 Å². The van der Waals surface area contributed by atoms with Gasteiger partial charge in [-0.1, -0.05) is 19.1 Å². The number of aromatic nitrogens is 2. The van der Waals surface area contributed by atoms with Crippen molar-refractivity contribution in [3.8, 4) is 5.69 Å². The minimum atomic E-state index is -0.958. The van der Waals surface area contributed by atoms with Crippen LogP contribution in [0.25, 0.3) is 5.69 Å². The molecule has 4 atom stereocenters. The average Bonchev–Trinajstić information content (AvgIpc) is 3.37. The van der Waals surface area contributed by atoms with E-state index in [-0.39, 0.29) is 47.4 Å². The lowest BCUT2D eigenvalue weighted by atomic mass is 9.83. The third kappa shape index (κ3) is 5.81. The molecule has 0 radical (unpaired) electrons. The Morgan fingerprint density at radius 3 is 2.32 bits per heavy atom. The van der Waals surface area contributed by atoms with E-state index in [4.69, 9.17) is 11.5 Å². The van der Waals surface area contributed by atoms with Crippen molar-refractivity contribution in [3.05, 3.63) is 52.6 Å². The SMILES string of the molecule is CC(Cc1ccc(-n2ccc(NC(=O)N3CCN(C(=O)C(C)(C)N)CC3)nc2=O)cc1)C12CNCC1C2C(N)=O.Cl.